The maximum absolute atomic E-state index is 5.97. The zero-order valence-electron chi connectivity index (χ0n) is 11.7. The highest BCUT2D eigenvalue weighted by Crippen LogP contribution is 2.37. The topological polar surface area (TPSA) is 52.0 Å². The van der Waals surface area contributed by atoms with Crippen LogP contribution in [-0.2, 0) is 0 Å². The molecule has 0 spiro atoms. The largest absolute Gasteiger partial charge is 0.367 e. The SMILES string of the molecule is CCCC(CCC)c1noc(N)c1-c1ccccc1. The van der Waals surface area contributed by atoms with Crippen molar-refractivity contribution in [3.05, 3.63) is 36.0 Å². The van der Waals surface area contributed by atoms with Gasteiger partial charge >= 0.3 is 0 Å². The van der Waals surface area contributed by atoms with Crippen LogP contribution in [0.2, 0.25) is 0 Å². The fourth-order valence-electron chi connectivity index (χ4n) is 2.60. The van der Waals surface area contributed by atoms with Crippen LogP contribution in [-0.4, -0.2) is 5.16 Å². The lowest BCUT2D eigenvalue weighted by Crippen LogP contribution is -2.01. The van der Waals surface area contributed by atoms with Crippen molar-refractivity contribution in [3.8, 4) is 11.1 Å². The molecule has 102 valence electrons. The minimum atomic E-state index is 0.429. The summed E-state index contributed by atoms with van der Waals surface area (Å²) in [5, 5.41) is 4.23. The second-order valence-corrected chi connectivity index (χ2v) is 4.95. The van der Waals surface area contributed by atoms with E-state index in [1.165, 1.54) is 0 Å². The van der Waals surface area contributed by atoms with Gasteiger partial charge in [0, 0.05) is 5.92 Å². The Hall–Kier alpha value is -1.77. The first-order valence-electron chi connectivity index (χ1n) is 7.08. The number of anilines is 1. The van der Waals surface area contributed by atoms with Crippen LogP contribution in [0.1, 0.15) is 51.1 Å². The van der Waals surface area contributed by atoms with Gasteiger partial charge in [-0.25, -0.2) is 0 Å². The van der Waals surface area contributed by atoms with Crippen LogP contribution in [0.15, 0.2) is 34.9 Å². The summed E-state index contributed by atoms with van der Waals surface area (Å²) in [6.45, 7) is 4.41. The lowest BCUT2D eigenvalue weighted by Gasteiger charge is -2.14. The third kappa shape index (κ3) is 2.98. The van der Waals surface area contributed by atoms with Crippen LogP contribution in [0, 0.1) is 0 Å². The second-order valence-electron chi connectivity index (χ2n) is 4.95. The first-order chi connectivity index (χ1) is 9.27. The summed E-state index contributed by atoms with van der Waals surface area (Å²) in [6, 6.07) is 10.1. The molecule has 0 atom stereocenters. The van der Waals surface area contributed by atoms with E-state index in [1.54, 1.807) is 0 Å². The number of hydrogen-bond donors (Lipinski definition) is 1. The molecule has 1 aromatic heterocycles. The molecule has 1 heterocycles. The third-order valence-corrected chi connectivity index (χ3v) is 3.47. The minimum Gasteiger partial charge on any atom is -0.367 e. The number of nitrogen functional groups attached to an aromatic ring is 1. The molecule has 0 aliphatic rings. The van der Waals surface area contributed by atoms with E-state index in [4.69, 9.17) is 10.3 Å². The number of nitrogens with two attached hydrogens (primary N) is 1. The normalized spacial score (nSPS) is 11.1. The van der Waals surface area contributed by atoms with Crippen LogP contribution < -0.4 is 5.73 Å². The van der Waals surface area contributed by atoms with Gasteiger partial charge in [0.2, 0.25) is 5.88 Å². The van der Waals surface area contributed by atoms with Crippen molar-refractivity contribution in [3.63, 3.8) is 0 Å². The highest BCUT2D eigenvalue weighted by molar-refractivity contribution is 5.75. The van der Waals surface area contributed by atoms with Crippen molar-refractivity contribution >= 4 is 5.88 Å². The smallest absolute Gasteiger partial charge is 0.230 e. The van der Waals surface area contributed by atoms with Crippen molar-refractivity contribution < 1.29 is 4.52 Å². The zero-order valence-corrected chi connectivity index (χ0v) is 11.7. The average Bonchev–Trinajstić information content (AvgIpc) is 2.81. The van der Waals surface area contributed by atoms with Gasteiger partial charge in [-0.3, -0.25) is 0 Å². The Kier molecular flexibility index (Phi) is 4.61. The van der Waals surface area contributed by atoms with Crippen LogP contribution in [0.3, 0.4) is 0 Å². The fourth-order valence-corrected chi connectivity index (χ4v) is 2.60. The van der Waals surface area contributed by atoms with E-state index in [0.717, 1.165) is 42.5 Å². The Balaban J connectivity index is 2.41. The van der Waals surface area contributed by atoms with Crippen LogP contribution in [0.4, 0.5) is 5.88 Å². The summed E-state index contributed by atoms with van der Waals surface area (Å²) >= 11 is 0. The monoisotopic (exact) mass is 258 g/mol. The Labute approximate surface area is 114 Å². The molecule has 0 amide bonds. The Morgan fingerprint density at radius 1 is 1.11 bits per heavy atom. The molecular formula is C16H22N2O. The molecule has 2 N–H and O–H groups in total. The van der Waals surface area contributed by atoms with Gasteiger partial charge in [-0.1, -0.05) is 62.2 Å². The quantitative estimate of drug-likeness (QED) is 0.823. The van der Waals surface area contributed by atoms with Gasteiger partial charge in [-0.2, -0.15) is 0 Å². The van der Waals surface area contributed by atoms with Crippen LogP contribution in [0.5, 0.6) is 0 Å². The molecule has 3 nitrogen and oxygen atoms in total. The first-order valence-corrected chi connectivity index (χ1v) is 7.08. The molecule has 0 fully saturated rings. The molecule has 0 radical (unpaired) electrons. The van der Waals surface area contributed by atoms with Gasteiger partial charge in [0.1, 0.15) is 0 Å². The fraction of sp³-hybridized carbons (Fsp3) is 0.438. The highest BCUT2D eigenvalue weighted by Gasteiger charge is 2.22. The van der Waals surface area contributed by atoms with E-state index in [-0.39, 0.29) is 0 Å². The second kappa shape index (κ2) is 6.41. The third-order valence-electron chi connectivity index (χ3n) is 3.47. The molecule has 0 aliphatic carbocycles. The Bertz CT molecular complexity index is 499. The predicted octanol–water partition coefficient (Wildman–Crippen LogP) is 4.61. The molecule has 1 aromatic carbocycles. The minimum absolute atomic E-state index is 0.429. The van der Waals surface area contributed by atoms with Crippen molar-refractivity contribution in [2.75, 3.05) is 5.73 Å². The molecule has 0 aliphatic heterocycles. The Morgan fingerprint density at radius 2 is 1.74 bits per heavy atom. The van der Waals surface area contributed by atoms with Gasteiger partial charge in [-0.05, 0) is 18.4 Å². The van der Waals surface area contributed by atoms with E-state index < -0.39 is 0 Å². The van der Waals surface area contributed by atoms with Gasteiger partial charge < -0.3 is 10.3 Å². The number of nitrogens with zero attached hydrogens (tertiary/aromatic N) is 1. The van der Waals surface area contributed by atoms with Crippen molar-refractivity contribution in [1.82, 2.24) is 5.16 Å². The molecule has 19 heavy (non-hydrogen) atoms. The number of rotatable bonds is 6. The first kappa shape index (κ1) is 13.7. The van der Waals surface area contributed by atoms with E-state index in [1.807, 2.05) is 18.2 Å². The molecule has 2 rings (SSSR count). The van der Waals surface area contributed by atoms with E-state index >= 15 is 0 Å². The summed E-state index contributed by atoms with van der Waals surface area (Å²) in [4.78, 5) is 0. The molecule has 0 saturated carbocycles. The maximum Gasteiger partial charge on any atom is 0.230 e. The summed E-state index contributed by atoms with van der Waals surface area (Å²) in [5.41, 5.74) is 9.07. The zero-order chi connectivity index (χ0) is 13.7. The number of aromatic nitrogens is 1. The van der Waals surface area contributed by atoms with Gasteiger partial charge in [-0.15, -0.1) is 0 Å². The molecular weight excluding hydrogens is 236 g/mol. The standard InChI is InChI=1S/C16H22N2O/c1-3-8-13(9-4-2)15-14(16(17)19-18-15)12-10-6-5-7-11-12/h5-7,10-11,13H,3-4,8-9,17H2,1-2H3. The summed E-state index contributed by atoms with van der Waals surface area (Å²) in [7, 11) is 0. The summed E-state index contributed by atoms with van der Waals surface area (Å²) in [5.74, 6) is 0.865. The molecule has 0 unspecified atom stereocenters. The molecule has 3 heteroatoms. The van der Waals surface area contributed by atoms with Crippen molar-refractivity contribution in [1.29, 1.82) is 0 Å². The van der Waals surface area contributed by atoms with Gasteiger partial charge in [0.25, 0.3) is 0 Å². The lowest BCUT2D eigenvalue weighted by molar-refractivity contribution is 0.411. The van der Waals surface area contributed by atoms with Crippen molar-refractivity contribution in [2.24, 2.45) is 0 Å². The Morgan fingerprint density at radius 3 is 2.32 bits per heavy atom. The van der Waals surface area contributed by atoms with Gasteiger partial charge in [0.05, 0.1) is 11.3 Å². The van der Waals surface area contributed by atoms with E-state index in [0.29, 0.717) is 11.8 Å². The van der Waals surface area contributed by atoms with Gasteiger partial charge in [0.15, 0.2) is 0 Å². The number of benzene rings is 1. The van der Waals surface area contributed by atoms with Crippen LogP contribution in [0.25, 0.3) is 11.1 Å². The maximum atomic E-state index is 5.97. The number of hydrogen-bond acceptors (Lipinski definition) is 3. The predicted molar refractivity (Wildman–Crippen MR) is 78.9 cm³/mol. The highest BCUT2D eigenvalue weighted by atomic mass is 16.5. The molecule has 0 saturated heterocycles. The summed E-state index contributed by atoms with van der Waals surface area (Å²) in [6.07, 6.45) is 4.54. The lowest BCUT2D eigenvalue weighted by atomic mass is 9.90. The molecule has 0 bridgehead atoms. The van der Waals surface area contributed by atoms with E-state index in [9.17, 15) is 0 Å². The summed E-state index contributed by atoms with van der Waals surface area (Å²) < 4.78 is 5.25. The average molecular weight is 258 g/mol. The van der Waals surface area contributed by atoms with Crippen molar-refractivity contribution in [2.45, 2.75) is 45.4 Å². The molecule has 2 aromatic rings. The van der Waals surface area contributed by atoms with E-state index in [2.05, 4.69) is 31.1 Å². The van der Waals surface area contributed by atoms with Crippen LogP contribution >= 0.6 is 0 Å².